The Morgan fingerprint density at radius 3 is 2.38 bits per heavy atom. The van der Waals surface area contributed by atoms with Crippen LogP contribution in [0.4, 0.5) is 0 Å². The fraction of sp³-hybridized carbons (Fsp3) is 0.333. The molecule has 0 amide bonds. The lowest BCUT2D eigenvalue weighted by molar-refractivity contribution is 0.167. The lowest BCUT2D eigenvalue weighted by Crippen LogP contribution is -2.02. The number of aliphatic hydroxyl groups excluding tert-OH is 1. The van der Waals surface area contributed by atoms with Gasteiger partial charge in [-0.25, -0.2) is 0 Å². The van der Waals surface area contributed by atoms with Gasteiger partial charge >= 0.3 is 0 Å². The summed E-state index contributed by atoms with van der Waals surface area (Å²) in [6.07, 6.45) is 1.02. The van der Waals surface area contributed by atoms with Gasteiger partial charge < -0.3 is 14.6 Å². The fourth-order valence-electron chi connectivity index (χ4n) is 2.41. The average Bonchev–Trinajstić information content (AvgIpc) is 2.53. The Labute approximate surface area is 126 Å². The Morgan fingerprint density at radius 2 is 1.71 bits per heavy atom. The Hall–Kier alpha value is -2.00. The minimum Gasteiger partial charge on any atom is -0.493 e. The molecule has 1 unspecified atom stereocenters. The summed E-state index contributed by atoms with van der Waals surface area (Å²) in [6.45, 7) is 2.10. The van der Waals surface area contributed by atoms with Gasteiger partial charge in [0.15, 0.2) is 11.5 Å². The number of ether oxygens (including phenoxy) is 2. The largest absolute Gasteiger partial charge is 0.493 e. The molecule has 112 valence electrons. The highest BCUT2D eigenvalue weighted by Gasteiger charge is 2.12. The summed E-state index contributed by atoms with van der Waals surface area (Å²) in [4.78, 5) is 0. The number of hydrogen-bond donors (Lipinski definition) is 1. The van der Waals surface area contributed by atoms with Crippen LogP contribution in [0.1, 0.15) is 29.2 Å². The van der Waals surface area contributed by atoms with E-state index < -0.39 is 6.10 Å². The summed E-state index contributed by atoms with van der Waals surface area (Å²) in [5.74, 6) is 1.32. The summed E-state index contributed by atoms with van der Waals surface area (Å²) in [7, 11) is 3.20. The van der Waals surface area contributed by atoms with Gasteiger partial charge in [0, 0.05) is 0 Å². The molecule has 2 aromatic carbocycles. The lowest BCUT2D eigenvalue weighted by atomic mass is 9.98. The fourth-order valence-corrected chi connectivity index (χ4v) is 2.41. The third-order valence-electron chi connectivity index (χ3n) is 3.74. The van der Waals surface area contributed by atoms with E-state index in [0.29, 0.717) is 17.9 Å². The zero-order valence-corrected chi connectivity index (χ0v) is 12.8. The maximum absolute atomic E-state index is 10.4. The summed E-state index contributed by atoms with van der Waals surface area (Å²) in [5, 5.41) is 10.4. The molecule has 0 bridgehead atoms. The second kappa shape index (κ2) is 7.14. The number of rotatable bonds is 6. The molecule has 2 aromatic rings. The Balaban J connectivity index is 2.06. The third-order valence-corrected chi connectivity index (χ3v) is 3.74. The number of methoxy groups -OCH3 is 2. The van der Waals surface area contributed by atoms with Crippen LogP contribution in [0.15, 0.2) is 42.5 Å². The van der Waals surface area contributed by atoms with Crippen molar-refractivity contribution in [2.24, 2.45) is 0 Å². The number of benzene rings is 2. The molecule has 0 aromatic heterocycles. The van der Waals surface area contributed by atoms with Gasteiger partial charge in [-0.2, -0.15) is 0 Å². The van der Waals surface area contributed by atoms with Gasteiger partial charge in [-0.05, 0) is 48.6 Å². The van der Waals surface area contributed by atoms with Gasteiger partial charge in [-0.15, -0.1) is 0 Å². The summed E-state index contributed by atoms with van der Waals surface area (Å²) in [6, 6.07) is 13.8. The van der Waals surface area contributed by atoms with Crippen molar-refractivity contribution >= 4 is 0 Å². The van der Waals surface area contributed by atoms with Crippen LogP contribution < -0.4 is 9.47 Å². The van der Waals surface area contributed by atoms with Crippen LogP contribution in [-0.4, -0.2) is 19.3 Å². The van der Waals surface area contributed by atoms with E-state index in [9.17, 15) is 5.11 Å². The van der Waals surface area contributed by atoms with Gasteiger partial charge in [0.25, 0.3) is 0 Å². The monoisotopic (exact) mass is 286 g/mol. The van der Waals surface area contributed by atoms with Crippen molar-refractivity contribution in [3.8, 4) is 11.5 Å². The zero-order chi connectivity index (χ0) is 15.2. The lowest BCUT2D eigenvalue weighted by Gasteiger charge is -2.15. The normalized spacial score (nSPS) is 12.0. The molecule has 0 aliphatic rings. The molecule has 1 N–H and O–H groups in total. The Kier molecular flexibility index (Phi) is 5.23. The molecule has 0 saturated heterocycles. The topological polar surface area (TPSA) is 38.7 Å². The first-order valence-electron chi connectivity index (χ1n) is 7.10. The van der Waals surface area contributed by atoms with Gasteiger partial charge in [0.2, 0.25) is 0 Å². The maximum atomic E-state index is 10.4. The van der Waals surface area contributed by atoms with Crippen molar-refractivity contribution in [3.63, 3.8) is 0 Å². The minimum atomic E-state index is -0.510. The van der Waals surface area contributed by atoms with Crippen LogP contribution in [0.25, 0.3) is 0 Å². The van der Waals surface area contributed by atoms with Crippen LogP contribution in [0.5, 0.6) is 11.5 Å². The van der Waals surface area contributed by atoms with E-state index in [1.165, 1.54) is 11.1 Å². The van der Waals surface area contributed by atoms with E-state index in [1.807, 2.05) is 30.3 Å². The molecule has 0 aliphatic heterocycles. The second-order valence-electron chi connectivity index (χ2n) is 5.10. The predicted octanol–water partition coefficient (Wildman–Crippen LogP) is 3.68. The van der Waals surface area contributed by atoms with Crippen LogP contribution in [-0.2, 0) is 6.42 Å². The molecular weight excluding hydrogens is 264 g/mol. The minimum absolute atomic E-state index is 0.510. The quantitative estimate of drug-likeness (QED) is 0.880. The van der Waals surface area contributed by atoms with E-state index in [4.69, 9.17) is 9.47 Å². The highest BCUT2D eigenvalue weighted by Crippen LogP contribution is 2.31. The smallest absolute Gasteiger partial charge is 0.161 e. The summed E-state index contributed by atoms with van der Waals surface area (Å²) < 4.78 is 10.5. The predicted molar refractivity (Wildman–Crippen MR) is 84.0 cm³/mol. The van der Waals surface area contributed by atoms with Crippen LogP contribution in [0.3, 0.4) is 0 Å². The molecule has 0 saturated carbocycles. The SMILES string of the molecule is COc1ccc(C(O)CCc2ccccc2C)cc1OC. The second-order valence-corrected chi connectivity index (χ2v) is 5.10. The van der Waals surface area contributed by atoms with Gasteiger partial charge in [0.05, 0.1) is 20.3 Å². The van der Waals surface area contributed by atoms with Crippen LogP contribution in [0, 0.1) is 6.92 Å². The molecule has 21 heavy (non-hydrogen) atoms. The van der Waals surface area contributed by atoms with Crippen molar-refractivity contribution in [2.75, 3.05) is 14.2 Å². The Morgan fingerprint density at radius 1 is 1.00 bits per heavy atom. The van der Waals surface area contributed by atoms with E-state index in [1.54, 1.807) is 14.2 Å². The van der Waals surface area contributed by atoms with E-state index in [-0.39, 0.29) is 0 Å². The van der Waals surface area contributed by atoms with Gasteiger partial charge in [0.1, 0.15) is 0 Å². The standard InChI is InChI=1S/C18H22O3/c1-13-6-4-5-7-14(13)8-10-16(19)15-9-11-17(20-2)18(12-15)21-3/h4-7,9,11-12,16,19H,8,10H2,1-3H3. The van der Waals surface area contributed by atoms with Crippen molar-refractivity contribution in [2.45, 2.75) is 25.9 Å². The molecule has 3 heteroatoms. The van der Waals surface area contributed by atoms with Crippen molar-refractivity contribution in [1.82, 2.24) is 0 Å². The highest BCUT2D eigenvalue weighted by molar-refractivity contribution is 5.43. The number of aliphatic hydroxyl groups is 1. The highest BCUT2D eigenvalue weighted by atomic mass is 16.5. The molecule has 0 heterocycles. The first-order valence-corrected chi connectivity index (χ1v) is 7.10. The van der Waals surface area contributed by atoms with E-state index in [0.717, 1.165) is 12.0 Å². The Bertz CT molecular complexity index is 593. The summed E-state index contributed by atoms with van der Waals surface area (Å²) >= 11 is 0. The molecule has 0 aliphatic carbocycles. The van der Waals surface area contributed by atoms with Crippen LogP contribution in [0.2, 0.25) is 0 Å². The number of aryl methyl sites for hydroxylation is 2. The van der Waals surface area contributed by atoms with Crippen molar-refractivity contribution in [1.29, 1.82) is 0 Å². The molecular formula is C18H22O3. The van der Waals surface area contributed by atoms with E-state index >= 15 is 0 Å². The van der Waals surface area contributed by atoms with Crippen LogP contribution >= 0.6 is 0 Å². The average molecular weight is 286 g/mol. The molecule has 0 spiro atoms. The van der Waals surface area contributed by atoms with Gasteiger partial charge in [-0.3, -0.25) is 0 Å². The first-order chi connectivity index (χ1) is 10.2. The molecule has 2 rings (SSSR count). The third kappa shape index (κ3) is 3.76. The maximum Gasteiger partial charge on any atom is 0.161 e. The molecule has 0 fully saturated rings. The first kappa shape index (κ1) is 15.4. The van der Waals surface area contributed by atoms with Gasteiger partial charge in [-0.1, -0.05) is 30.3 Å². The molecule has 0 radical (unpaired) electrons. The van der Waals surface area contributed by atoms with Crippen molar-refractivity contribution in [3.05, 3.63) is 59.2 Å². The molecule has 3 nitrogen and oxygen atoms in total. The zero-order valence-electron chi connectivity index (χ0n) is 12.8. The number of hydrogen-bond acceptors (Lipinski definition) is 3. The van der Waals surface area contributed by atoms with E-state index in [2.05, 4.69) is 19.1 Å². The van der Waals surface area contributed by atoms with Crippen molar-refractivity contribution < 1.29 is 14.6 Å². The summed E-state index contributed by atoms with van der Waals surface area (Å²) in [5.41, 5.74) is 3.38. The molecule has 1 atom stereocenters.